The van der Waals surface area contributed by atoms with Gasteiger partial charge in [-0.1, -0.05) is 79.9 Å². The van der Waals surface area contributed by atoms with Gasteiger partial charge in [-0.2, -0.15) is 0 Å². The molecule has 4 aromatic carbocycles. The normalized spacial score (nSPS) is 14.0. The van der Waals surface area contributed by atoms with Gasteiger partial charge in [-0.25, -0.2) is 8.42 Å². The first-order chi connectivity index (χ1) is 23.2. The molecule has 0 aromatic heterocycles. The second-order valence-corrected chi connectivity index (χ2v) is 14.0. The van der Waals surface area contributed by atoms with Crippen LogP contribution in [0.25, 0.3) is 0 Å². The highest BCUT2D eigenvalue weighted by Gasteiger charge is 2.34. The van der Waals surface area contributed by atoms with E-state index < -0.39 is 28.5 Å². The highest BCUT2D eigenvalue weighted by Crippen LogP contribution is 2.27. The molecule has 1 saturated carbocycles. The molecule has 48 heavy (non-hydrogen) atoms. The zero-order valence-electron chi connectivity index (χ0n) is 27.5. The van der Waals surface area contributed by atoms with Crippen LogP contribution in [0.4, 0.5) is 5.69 Å². The van der Waals surface area contributed by atoms with Crippen LogP contribution in [0.1, 0.15) is 43.2 Å². The number of nitrogens with zero attached hydrogens (tertiary/aromatic N) is 2. The molecule has 1 fully saturated rings. The Labute approximate surface area is 283 Å². The Hall–Kier alpha value is -4.83. The standard InChI is InChI=1S/C38H43N3O6S/c1-46-35-20-12-15-30(25-35)27-40(36(26-29-13-6-3-7-14-29)38(43)39-31-16-8-4-9-17-31)37(42)28-41(48(2,44)45)32-21-23-34(24-22-32)47-33-18-10-5-11-19-33/h3,5-7,10-15,18-25,31,36H,4,8-9,16-17,26-28H2,1-2H3,(H,39,43). The van der Waals surface area contributed by atoms with Crippen molar-refractivity contribution in [3.63, 3.8) is 0 Å². The van der Waals surface area contributed by atoms with Gasteiger partial charge >= 0.3 is 0 Å². The van der Waals surface area contributed by atoms with Crippen molar-refractivity contribution in [1.82, 2.24) is 10.2 Å². The molecule has 0 saturated heterocycles. The van der Waals surface area contributed by atoms with Crippen molar-refractivity contribution in [3.05, 3.63) is 120 Å². The highest BCUT2D eigenvalue weighted by molar-refractivity contribution is 7.92. The van der Waals surface area contributed by atoms with E-state index in [1.807, 2.05) is 84.9 Å². The summed E-state index contributed by atoms with van der Waals surface area (Å²) < 4.78 is 38.8. The number of carbonyl (C=O) groups is 2. The highest BCUT2D eigenvalue weighted by atomic mass is 32.2. The second-order valence-electron chi connectivity index (χ2n) is 12.1. The molecule has 1 atom stereocenters. The lowest BCUT2D eigenvalue weighted by molar-refractivity contribution is -0.140. The molecule has 1 N–H and O–H groups in total. The van der Waals surface area contributed by atoms with Crippen molar-refractivity contribution in [2.24, 2.45) is 0 Å². The number of benzene rings is 4. The van der Waals surface area contributed by atoms with Crippen molar-refractivity contribution in [2.75, 3.05) is 24.2 Å². The molecule has 1 aliphatic carbocycles. The quantitative estimate of drug-likeness (QED) is 0.168. The lowest BCUT2D eigenvalue weighted by Crippen LogP contribution is -2.55. The van der Waals surface area contributed by atoms with Crippen LogP contribution in [-0.4, -0.2) is 57.1 Å². The molecule has 4 aromatic rings. The number of nitrogens with one attached hydrogen (secondary N) is 1. The van der Waals surface area contributed by atoms with Gasteiger partial charge in [-0.05, 0) is 72.5 Å². The summed E-state index contributed by atoms with van der Waals surface area (Å²) in [6.07, 6.45) is 6.33. The summed E-state index contributed by atoms with van der Waals surface area (Å²) in [6.45, 7) is -0.420. The fraction of sp³-hybridized carbons (Fsp3) is 0.316. The summed E-state index contributed by atoms with van der Waals surface area (Å²) in [6, 6.07) is 31.8. The predicted molar refractivity (Wildman–Crippen MR) is 188 cm³/mol. The largest absolute Gasteiger partial charge is 0.497 e. The number of methoxy groups -OCH3 is 1. The summed E-state index contributed by atoms with van der Waals surface area (Å²) in [7, 11) is -2.34. The summed E-state index contributed by atoms with van der Waals surface area (Å²) in [5.41, 5.74) is 1.94. The average molecular weight is 670 g/mol. The third kappa shape index (κ3) is 9.60. The number of sulfonamides is 1. The Bertz CT molecular complexity index is 1740. The Morgan fingerprint density at radius 2 is 1.40 bits per heavy atom. The van der Waals surface area contributed by atoms with E-state index in [1.54, 1.807) is 31.4 Å². The Balaban J connectivity index is 1.47. The van der Waals surface area contributed by atoms with Crippen molar-refractivity contribution < 1.29 is 27.5 Å². The van der Waals surface area contributed by atoms with E-state index in [0.29, 0.717) is 22.9 Å². The zero-order valence-corrected chi connectivity index (χ0v) is 28.3. The van der Waals surface area contributed by atoms with Crippen LogP contribution in [0.2, 0.25) is 0 Å². The molecule has 0 heterocycles. The van der Waals surface area contributed by atoms with E-state index in [-0.39, 0.29) is 24.9 Å². The minimum atomic E-state index is -3.90. The number of hydrogen-bond donors (Lipinski definition) is 1. The molecule has 252 valence electrons. The predicted octanol–water partition coefficient (Wildman–Crippen LogP) is 6.34. The monoisotopic (exact) mass is 669 g/mol. The SMILES string of the molecule is COc1cccc(CN(C(=O)CN(c2ccc(Oc3ccccc3)cc2)S(C)(=O)=O)C(Cc2ccccc2)C(=O)NC2CCCCC2)c1. The molecule has 0 aliphatic heterocycles. The first-order valence-corrected chi connectivity index (χ1v) is 18.1. The molecule has 9 nitrogen and oxygen atoms in total. The fourth-order valence-electron chi connectivity index (χ4n) is 5.98. The number of para-hydroxylation sites is 1. The summed E-state index contributed by atoms with van der Waals surface area (Å²) >= 11 is 0. The molecule has 1 unspecified atom stereocenters. The Morgan fingerprint density at radius 3 is 2.04 bits per heavy atom. The summed E-state index contributed by atoms with van der Waals surface area (Å²) in [5, 5.41) is 3.22. The van der Waals surface area contributed by atoms with Crippen LogP contribution in [0.3, 0.4) is 0 Å². The lowest BCUT2D eigenvalue weighted by atomic mass is 9.94. The molecule has 0 radical (unpaired) electrons. The topological polar surface area (TPSA) is 105 Å². The van der Waals surface area contributed by atoms with Gasteiger partial charge in [0.2, 0.25) is 21.8 Å². The van der Waals surface area contributed by atoms with Gasteiger partial charge in [-0.3, -0.25) is 13.9 Å². The molecule has 0 spiro atoms. The first-order valence-electron chi connectivity index (χ1n) is 16.3. The van der Waals surface area contributed by atoms with Crippen molar-refractivity contribution in [2.45, 2.75) is 57.2 Å². The second kappa shape index (κ2) is 16.3. The molecule has 10 heteroatoms. The Kier molecular flexibility index (Phi) is 11.7. The van der Waals surface area contributed by atoms with E-state index >= 15 is 0 Å². The smallest absolute Gasteiger partial charge is 0.244 e. The van der Waals surface area contributed by atoms with Crippen LogP contribution < -0.4 is 19.1 Å². The van der Waals surface area contributed by atoms with Gasteiger partial charge in [-0.15, -0.1) is 0 Å². The Morgan fingerprint density at radius 1 is 0.792 bits per heavy atom. The van der Waals surface area contributed by atoms with E-state index in [9.17, 15) is 18.0 Å². The van der Waals surface area contributed by atoms with Gasteiger partial charge in [0, 0.05) is 19.0 Å². The van der Waals surface area contributed by atoms with Crippen molar-refractivity contribution in [3.8, 4) is 17.2 Å². The average Bonchev–Trinajstić information content (AvgIpc) is 3.10. The number of carbonyl (C=O) groups excluding carboxylic acids is 2. The van der Waals surface area contributed by atoms with E-state index in [1.165, 1.54) is 4.90 Å². The van der Waals surface area contributed by atoms with Crippen LogP contribution >= 0.6 is 0 Å². The zero-order chi connectivity index (χ0) is 33.9. The minimum absolute atomic E-state index is 0.0300. The van der Waals surface area contributed by atoms with Gasteiger partial charge in [0.1, 0.15) is 29.8 Å². The van der Waals surface area contributed by atoms with Crippen molar-refractivity contribution in [1.29, 1.82) is 0 Å². The van der Waals surface area contributed by atoms with Crippen LogP contribution in [0.15, 0.2) is 109 Å². The van der Waals surface area contributed by atoms with Gasteiger partial charge in [0.25, 0.3) is 0 Å². The fourth-order valence-corrected chi connectivity index (χ4v) is 6.83. The summed E-state index contributed by atoms with van der Waals surface area (Å²) in [5.74, 6) is 1.01. The van der Waals surface area contributed by atoms with Crippen LogP contribution in [0.5, 0.6) is 17.2 Å². The number of anilines is 1. The molecular formula is C38H43N3O6S. The van der Waals surface area contributed by atoms with Crippen molar-refractivity contribution >= 4 is 27.5 Å². The first kappa shape index (κ1) is 34.5. The molecule has 0 bridgehead atoms. The molecule has 1 aliphatic rings. The van der Waals surface area contributed by atoms with E-state index in [2.05, 4.69) is 5.32 Å². The number of ether oxygens (including phenoxy) is 2. The lowest BCUT2D eigenvalue weighted by Gasteiger charge is -2.35. The van der Waals surface area contributed by atoms with Gasteiger partial charge < -0.3 is 19.7 Å². The summed E-state index contributed by atoms with van der Waals surface area (Å²) in [4.78, 5) is 30.1. The molecule has 2 amide bonds. The van der Waals surface area contributed by atoms with E-state index in [4.69, 9.17) is 9.47 Å². The molecular weight excluding hydrogens is 627 g/mol. The van der Waals surface area contributed by atoms with Crippen LogP contribution in [0, 0.1) is 0 Å². The third-order valence-electron chi connectivity index (χ3n) is 8.49. The van der Waals surface area contributed by atoms with Gasteiger partial charge in [0.05, 0.1) is 19.1 Å². The maximum Gasteiger partial charge on any atom is 0.244 e. The third-order valence-corrected chi connectivity index (χ3v) is 9.63. The van der Waals surface area contributed by atoms with Crippen LogP contribution in [-0.2, 0) is 32.6 Å². The number of amides is 2. The maximum absolute atomic E-state index is 14.5. The minimum Gasteiger partial charge on any atom is -0.497 e. The van der Waals surface area contributed by atoms with E-state index in [0.717, 1.165) is 53.8 Å². The molecule has 5 rings (SSSR count). The maximum atomic E-state index is 14.5. The van der Waals surface area contributed by atoms with Gasteiger partial charge in [0.15, 0.2) is 0 Å². The number of hydrogen-bond acceptors (Lipinski definition) is 6. The number of rotatable bonds is 14.